The summed E-state index contributed by atoms with van der Waals surface area (Å²) in [6.07, 6.45) is 0. The molecule has 13 heteroatoms. The normalized spacial score (nSPS) is 11.5. The maximum absolute atomic E-state index is 13.5. The van der Waals surface area contributed by atoms with Gasteiger partial charge in [0.25, 0.3) is 20.0 Å². The number of nitrogens with one attached hydrogen (secondary N) is 2. The molecule has 0 atom stereocenters. The number of carbonyl (C=O) groups is 1. The molecule has 0 radical (unpaired) electrons. The Morgan fingerprint density at radius 1 is 0.775 bits per heavy atom. The molecule has 40 heavy (non-hydrogen) atoms. The van der Waals surface area contributed by atoms with Crippen molar-refractivity contribution in [1.82, 2.24) is 0 Å². The number of methoxy groups -OCH3 is 1. The molecular formula is C27H23Cl2N3O6S2. The fraction of sp³-hybridized carbons (Fsp3) is 0.0741. The summed E-state index contributed by atoms with van der Waals surface area (Å²) < 4.78 is 60.9. The van der Waals surface area contributed by atoms with Crippen molar-refractivity contribution in [2.24, 2.45) is 0 Å². The Hall–Kier alpha value is -3.77. The van der Waals surface area contributed by atoms with Gasteiger partial charge in [-0.2, -0.15) is 0 Å². The Kier molecular flexibility index (Phi) is 8.89. The number of benzene rings is 4. The maximum Gasteiger partial charge on any atom is 0.264 e. The van der Waals surface area contributed by atoms with Crippen LogP contribution in [0.3, 0.4) is 0 Å². The van der Waals surface area contributed by atoms with E-state index >= 15 is 0 Å². The SMILES string of the molecule is COc1ccc(NS(=O)(=O)c2ccc(NC(=O)CN(c3cc(Cl)cc(Cl)c3)S(=O)(=O)c3ccccc3)cc2)cc1. The number of anilines is 3. The summed E-state index contributed by atoms with van der Waals surface area (Å²) in [6, 6.07) is 23.6. The first-order valence-corrected chi connectivity index (χ1v) is 15.3. The smallest absolute Gasteiger partial charge is 0.264 e. The van der Waals surface area contributed by atoms with E-state index in [1.54, 1.807) is 42.5 Å². The van der Waals surface area contributed by atoms with Crippen LogP contribution in [0.5, 0.6) is 5.75 Å². The van der Waals surface area contributed by atoms with Crippen molar-refractivity contribution in [3.63, 3.8) is 0 Å². The number of carbonyl (C=O) groups excluding carboxylic acids is 1. The Morgan fingerprint density at radius 2 is 1.35 bits per heavy atom. The summed E-state index contributed by atoms with van der Waals surface area (Å²) in [7, 11) is -6.58. The van der Waals surface area contributed by atoms with Crippen molar-refractivity contribution in [3.8, 4) is 5.75 Å². The van der Waals surface area contributed by atoms with E-state index in [-0.39, 0.29) is 31.2 Å². The molecule has 0 aliphatic heterocycles. The zero-order valence-corrected chi connectivity index (χ0v) is 24.1. The molecule has 0 fully saturated rings. The van der Waals surface area contributed by atoms with Crippen molar-refractivity contribution in [1.29, 1.82) is 0 Å². The van der Waals surface area contributed by atoms with Gasteiger partial charge in [0.05, 0.1) is 22.6 Å². The third-order valence-corrected chi connectivity index (χ3v) is 9.17. The fourth-order valence-corrected chi connectivity index (χ4v) is 6.64. The van der Waals surface area contributed by atoms with Crippen molar-refractivity contribution < 1.29 is 26.4 Å². The second kappa shape index (κ2) is 12.2. The van der Waals surface area contributed by atoms with E-state index in [9.17, 15) is 21.6 Å². The summed E-state index contributed by atoms with van der Waals surface area (Å²) in [5.41, 5.74) is 0.705. The van der Waals surface area contributed by atoms with Gasteiger partial charge < -0.3 is 10.1 Å². The molecule has 4 aromatic rings. The van der Waals surface area contributed by atoms with Crippen molar-refractivity contribution in [3.05, 3.63) is 107 Å². The highest BCUT2D eigenvalue weighted by Gasteiger charge is 2.28. The lowest BCUT2D eigenvalue weighted by Gasteiger charge is -2.24. The van der Waals surface area contributed by atoms with Crippen LogP contribution in [0.4, 0.5) is 17.1 Å². The monoisotopic (exact) mass is 619 g/mol. The third-order valence-electron chi connectivity index (χ3n) is 5.54. The van der Waals surface area contributed by atoms with Gasteiger partial charge in [0.2, 0.25) is 5.91 Å². The lowest BCUT2D eigenvalue weighted by Crippen LogP contribution is -2.38. The maximum atomic E-state index is 13.5. The number of ether oxygens (including phenoxy) is 1. The predicted octanol–water partition coefficient (Wildman–Crippen LogP) is 5.64. The number of amides is 1. The number of nitrogens with zero attached hydrogens (tertiary/aromatic N) is 1. The van der Waals surface area contributed by atoms with Crippen LogP contribution in [-0.4, -0.2) is 36.4 Å². The van der Waals surface area contributed by atoms with Crippen molar-refractivity contribution >= 4 is 66.2 Å². The van der Waals surface area contributed by atoms with E-state index in [1.807, 2.05) is 0 Å². The molecule has 0 bridgehead atoms. The molecular weight excluding hydrogens is 597 g/mol. The molecule has 0 spiro atoms. The van der Waals surface area contributed by atoms with Crippen LogP contribution in [0.15, 0.2) is 107 Å². The summed E-state index contributed by atoms with van der Waals surface area (Å²) >= 11 is 12.2. The summed E-state index contributed by atoms with van der Waals surface area (Å²) in [5, 5.41) is 2.98. The predicted molar refractivity (Wildman–Crippen MR) is 156 cm³/mol. The summed E-state index contributed by atoms with van der Waals surface area (Å²) in [6.45, 7) is -0.604. The van der Waals surface area contributed by atoms with Gasteiger partial charge >= 0.3 is 0 Å². The molecule has 4 aromatic carbocycles. The van der Waals surface area contributed by atoms with Crippen molar-refractivity contribution in [2.75, 3.05) is 28.0 Å². The molecule has 2 N–H and O–H groups in total. The van der Waals surface area contributed by atoms with Crippen LogP contribution in [0.1, 0.15) is 0 Å². The lowest BCUT2D eigenvalue weighted by molar-refractivity contribution is -0.114. The van der Waals surface area contributed by atoms with Crippen LogP contribution in [0.25, 0.3) is 0 Å². The zero-order chi connectivity index (χ0) is 28.9. The van der Waals surface area contributed by atoms with Gasteiger partial charge in [0.1, 0.15) is 12.3 Å². The number of hydrogen-bond donors (Lipinski definition) is 2. The molecule has 0 saturated carbocycles. The number of hydrogen-bond acceptors (Lipinski definition) is 6. The van der Waals surface area contributed by atoms with Gasteiger partial charge in [-0.15, -0.1) is 0 Å². The Bertz CT molecular complexity index is 1700. The number of sulfonamides is 2. The first-order chi connectivity index (χ1) is 19.0. The van der Waals surface area contributed by atoms with Crippen LogP contribution in [0.2, 0.25) is 10.0 Å². The number of halogens is 2. The zero-order valence-electron chi connectivity index (χ0n) is 20.9. The molecule has 9 nitrogen and oxygen atoms in total. The standard InChI is InChI=1S/C27H23Cl2N3O6S2/c1-38-24-11-7-22(8-12-24)31-39(34,35)25-13-9-21(10-14-25)30-27(33)18-32(23-16-19(28)15-20(29)17-23)40(36,37)26-5-3-2-4-6-26/h2-17,31H,18H2,1H3,(H,30,33). The van der Waals surface area contributed by atoms with E-state index in [0.717, 1.165) is 4.31 Å². The molecule has 208 valence electrons. The Labute approximate surface area is 242 Å². The molecule has 0 unspecified atom stereocenters. The average Bonchev–Trinajstić information content (AvgIpc) is 2.92. The van der Waals surface area contributed by atoms with Crippen LogP contribution < -0.4 is 19.1 Å². The average molecular weight is 621 g/mol. The van der Waals surface area contributed by atoms with Gasteiger partial charge in [0.15, 0.2) is 0 Å². The minimum absolute atomic E-state index is 0.0298. The van der Waals surface area contributed by atoms with Crippen LogP contribution in [-0.2, 0) is 24.8 Å². The Morgan fingerprint density at radius 3 is 1.93 bits per heavy atom. The second-order valence-electron chi connectivity index (χ2n) is 8.36. The first-order valence-electron chi connectivity index (χ1n) is 11.6. The van der Waals surface area contributed by atoms with Crippen LogP contribution >= 0.6 is 23.2 Å². The molecule has 1 amide bonds. The van der Waals surface area contributed by atoms with Crippen molar-refractivity contribution in [2.45, 2.75) is 9.79 Å². The van der Waals surface area contributed by atoms with E-state index in [0.29, 0.717) is 11.4 Å². The van der Waals surface area contributed by atoms with Gasteiger partial charge in [-0.1, -0.05) is 41.4 Å². The summed E-state index contributed by atoms with van der Waals surface area (Å²) in [4.78, 5) is 12.9. The lowest BCUT2D eigenvalue weighted by atomic mass is 10.3. The highest BCUT2D eigenvalue weighted by Crippen LogP contribution is 2.30. The number of rotatable bonds is 10. The molecule has 0 saturated heterocycles. The molecule has 0 aliphatic carbocycles. The van der Waals surface area contributed by atoms with Gasteiger partial charge in [0, 0.05) is 21.4 Å². The van der Waals surface area contributed by atoms with E-state index in [4.69, 9.17) is 27.9 Å². The van der Waals surface area contributed by atoms with Gasteiger partial charge in [-0.05, 0) is 78.9 Å². The largest absolute Gasteiger partial charge is 0.497 e. The van der Waals surface area contributed by atoms with Crippen LogP contribution in [0, 0.1) is 0 Å². The fourth-order valence-electron chi connectivity index (χ4n) is 3.64. The highest BCUT2D eigenvalue weighted by atomic mass is 35.5. The summed E-state index contributed by atoms with van der Waals surface area (Å²) in [5.74, 6) is -0.0980. The third kappa shape index (κ3) is 7.05. The van der Waals surface area contributed by atoms with Gasteiger partial charge in [-0.25, -0.2) is 16.8 Å². The van der Waals surface area contributed by atoms with E-state index in [2.05, 4.69) is 10.0 Å². The Balaban J connectivity index is 1.53. The molecule has 4 rings (SSSR count). The minimum Gasteiger partial charge on any atom is -0.497 e. The molecule has 0 aliphatic rings. The topological polar surface area (TPSA) is 122 Å². The van der Waals surface area contributed by atoms with Gasteiger partial charge in [-0.3, -0.25) is 13.8 Å². The minimum atomic E-state index is -4.18. The highest BCUT2D eigenvalue weighted by molar-refractivity contribution is 7.93. The quantitative estimate of drug-likeness (QED) is 0.237. The van der Waals surface area contributed by atoms with E-state index < -0.39 is 32.5 Å². The first kappa shape index (κ1) is 29.2. The van der Waals surface area contributed by atoms with E-state index in [1.165, 1.54) is 61.7 Å². The molecule has 0 aromatic heterocycles. The molecule has 0 heterocycles. The second-order valence-corrected chi connectivity index (χ2v) is 12.8.